The summed E-state index contributed by atoms with van der Waals surface area (Å²) in [5, 5.41) is 54.6. The molecule has 5 rings (SSSR count). The molecule has 10 atom stereocenters. The molecular weight excluding hydrogens is 1280 g/mol. The van der Waals surface area contributed by atoms with Crippen LogP contribution < -0.4 is 68.8 Å². The van der Waals surface area contributed by atoms with Crippen molar-refractivity contribution in [3.63, 3.8) is 0 Å². The summed E-state index contributed by atoms with van der Waals surface area (Å²) in [5.74, 6) is -15.9. The van der Waals surface area contributed by atoms with Gasteiger partial charge in [-0.1, -0.05) is 60.7 Å². The summed E-state index contributed by atoms with van der Waals surface area (Å²) >= 11 is 1.26. The maximum atomic E-state index is 14.5. The van der Waals surface area contributed by atoms with Crippen molar-refractivity contribution in [2.45, 2.75) is 132 Å². The number of aliphatic hydroxyl groups excluding tert-OH is 1. The fourth-order valence-corrected chi connectivity index (χ4v) is 10.3. The van der Waals surface area contributed by atoms with Crippen LogP contribution in [0.25, 0.3) is 10.9 Å². The Labute approximate surface area is 540 Å². The first-order valence-corrected chi connectivity index (χ1v) is 31.7. The lowest BCUT2D eigenvalue weighted by Crippen LogP contribution is -2.61. The molecule has 1 aromatic heterocycles. The highest BCUT2D eigenvalue weighted by Gasteiger charge is 2.37. The number of primary amides is 2. The summed E-state index contributed by atoms with van der Waals surface area (Å²) in [4.78, 5) is 188. The second kappa shape index (κ2) is 35.6. The molecular formula is C58H73N13O21S2. The molecule has 3 aromatic carbocycles. The van der Waals surface area contributed by atoms with Crippen LogP contribution in [0.1, 0.15) is 68.6 Å². The predicted molar refractivity (Wildman–Crippen MR) is 331 cm³/mol. The van der Waals surface area contributed by atoms with Gasteiger partial charge in [0.2, 0.25) is 70.9 Å². The molecule has 1 fully saturated rings. The SMILES string of the molecule is CSCC[C@H](NC(=O)[C@H](Cc1c[nH]c2ccccc12)NC(=O)CNC(=O)C(NC(=O)[C@H](Cc1ccc(OS(=O)(=O)O)cc1)NC(=O)[C@H](CC(=O)O)NC(=O)[C@H](CCC(N)=O)NC(=O)[C@@H]1CCC(=O)N1)[C@@H](C)O)C(=O)N[C@@H](CC(=O)O)C(=O)N[C@@H](Cc1ccccc1)C(N)=O. The molecule has 1 aliphatic heterocycles. The molecule has 2 heterocycles. The van der Waals surface area contributed by atoms with E-state index in [0.717, 1.165) is 19.1 Å². The van der Waals surface area contributed by atoms with Gasteiger partial charge in [-0.15, -0.1) is 0 Å². The Kier molecular flexibility index (Phi) is 28.2. The first-order valence-electron chi connectivity index (χ1n) is 28.9. The molecule has 1 saturated heterocycles. The number of carboxylic acids is 2. The van der Waals surface area contributed by atoms with Crippen LogP contribution >= 0.6 is 11.8 Å². The summed E-state index contributed by atoms with van der Waals surface area (Å²) < 4.78 is 36.4. The first-order chi connectivity index (χ1) is 44.4. The number of fused-ring (bicyclic) bond motifs is 1. The number of amides is 12. The van der Waals surface area contributed by atoms with Gasteiger partial charge in [-0.25, -0.2) is 0 Å². The van der Waals surface area contributed by atoms with Crippen LogP contribution in [-0.4, -0.2) is 195 Å². The molecule has 36 heteroatoms. The summed E-state index contributed by atoms with van der Waals surface area (Å²) in [7, 11) is -5.02. The van der Waals surface area contributed by atoms with E-state index in [1.165, 1.54) is 23.9 Å². The Morgan fingerprint density at radius 2 is 1.14 bits per heavy atom. The molecule has 1 unspecified atom stereocenters. The molecule has 12 amide bonds. The molecule has 1 aliphatic rings. The topological polar surface area (TPSA) is 551 Å². The minimum Gasteiger partial charge on any atom is -0.481 e. The van der Waals surface area contributed by atoms with Gasteiger partial charge in [0, 0.05) is 49.2 Å². The number of carbonyl (C=O) groups is 14. The number of carbonyl (C=O) groups excluding carboxylic acids is 12. The van der Waals surface area contributed by atoms with Crippen LogP contribution in [0.4, 0.5) is 0 Å². The Morgan fingerprint density at radius 1 is 0.628 bits per heavy atom. The maximum absolute atomic E-state index is 14.5. The number of hydrogen-bond donors (Lipinski definition) is 17. The second-order valence-electron chi connectivity index (χ2n) is 21.6. The van der Waals surface area contributed by atoms with Crippen molar-refractivity contribution in [2.75, 3.05) is 18.6 Å². The number of rotatable bonds is 38. The highest BCUT2D eigenvalue weighted by molar-refractivity contribution is 7.98. The maximum Gasteiger partial charge on any atom is 0.446 e. The van der Waals surface area contributed by atoms with E-state index >= 15 is 0 Å². The number of nitrogens with two attached hydrogens (primary N) is 2. The number of aromatic nitrogens is 1. The van der Waals surface area contributed by atoms with Gasteiger partial charge in [-0.2, -0.15) is 20.2 Å². The van der Waals surface area contributed by atoms with Crippen LogP contribution in [-0.2, 0) is 96.8 Å². The lowest BCUT2D eigenvalue weighted by Gasteiger charge is -2.27. The number of benzene rings is 3. The third-order valence-corrected chi connectivity index (χ3v) is 15.3. The molecule has 0 bridgehead atoms. The van der Waals surface area contributed by atoms with Crippen molar-refractivity contribution >= 4 is 116 Å². The van der Waals surface area contributed by atoms with Crippen LogP contribution in [0.15, 0.2) is 85.1 Å². The minimum atomic E-state index is -5.02. The van der Waals surface area contributed by atoms with Gasteiger partial charge in [0.05, 0.1) is 25.5 Å². The quantitative estimate of drug-likeness (QED) is 0.0188. The molecule has 0 aliphatic carbocycles. The van der Waals surface area contributed by atoms with Crippen molar-refractivity contribution < 1.29 is 99.6 Å². The van der Waals surface area contributed by atoms with Crippen LogP contribution in [0.3, 0.4) is 0 Å². The lowest BCUT2D eigenvalue weighted by atomic mass is 10.0. The third kappa shape index (κ3) is 24.4. The number of aliphatic hydroxyl groups is 1. The average Bonchev–Trinajstić information content (AvgIpc) is 1.51. The number of para-hydroxylation sites is 1. The monoisotopic (exact) mass is 1350 g/mol. The summed E-state index contributed by atoms with van der Waals surface area (Å²) in [5.41, 5.74) is 12.6. The van der Waals surface area contributed by atoms with E-state index in [0.29, 0.717) is 22.0 Å². The summed E-state index contributed by atoms with van der Waals surface area (Å²) in [6, 6.07) is 4.78. The Morgan fingerprint density at radius 3 is 1.69 bits per heavy atom. The van der Waals surface area contributed by atoms with Gasteiger partial charge in [-0.05, 0) is 73.1 Å². The highest BCUT2D eigenvalue weighted by Crippen LogP contribution is 2.21. The van der Waals surface area contributed by atoms with Gasteiger partial charge in [0.25, 0.3) is 0 Å². The van der Waals surface area contributed by atoms with Gasteiger partial charge in [0.1, 0.15) is 60.1 Å². The van der Waals surface area contributed by atoms with Gasteiger partial charge in [-0.3, -0.25) is 71.7 Å². The highest BCUT2D eigenvalue weighted by atomic mass is 32.3. The largest absolute Gasteiger partial charge is 0.481 e. The summed E-state index contributed by atoms with van der Waals surface area (Å²) in [6.45, 7) is 0.0728. The van der Waals surface area contributed by atoms with E-state index in [4.69, 9.17) is 16.0 Å². The Balaban J connectivity index is 1.36. The van der Waals surface area contributed by atoms with E-state index in [1.54, 1.807) is 67.0 Å². The van der Waals surface area contributed by atoms with E-state index in [9.17, 15) is 90.9 Å². The van der Waals surface area contributed by atoms with E-state index in [-0.39, 0.29) is 43.4 Å². The van der Waals surface area contributed by atoms with Crippen molar-refractivity contribution in [1.82, 2.24) is 58.2 Å². The van der Waals surface area contributed by atoms with Crippen LogP contribution in [0.5, 0.6) is 5.75 Å². The number of nitrogens with one attached hydrogen (secondary N) is 11. The van der Waals surface area contributed by atoms with Crippen molar-refractivity contribution in [3.05, 3.63) is 102 Å². The zero-order valence-corrected chi connectivity index (χ0v) is 52.2. The van der Waals surface area contributed by atoms with Gasteiger partial charge >= 0.3 is 22.3 Å². The molecule has 0 spiro atoms. The molecule has 4 aromatic rings. The summed E-state index contributed by atoms with van der Waals surface area (Å²) in [6.07, 6.45) is -2.72. The fraction of sp³-hybridized carbons (Fsp3) is 0.414. The van der Waals surface area contributed by atoms with E-state index in [2.05, 4.69) is 62.3 Å². The Bertz CT molecular complexity index is 3560. The number of thioether (sulfide) groups is 1. The van der Waals surface area contributed by atoms with Gasteiger partial charge < -0.3 is 89.1 Å². The molecule has 0 radical (unpaired) electrons. The standard InChI is InChI=1S/C58H73N13O21S2/c1-29(72)49(71-57(87)40(23-31-12-14-33(15-13-31)92-94(89,90)91)68-56(86)43(26-48(78)79)69-52(82)37(16-18-44(59)73)65-51(81)36-17-19-45(74)63-36)58(88)62-28-46(75)64-41(24-32-27-61-35-11-7-6-10-34(32)35)54(84)66-38(20-21-93-2)53(83)70-42(25-47(76)77)55(85)67-39(50(60)80)22-30-8-4-3-5-9-30/h3-15,27,29,36-43,49,61,72H,16-26,28H2,1-2H3,(H2,59,73)(H2,60,80)(H,62,88)(H,63,74)(H,64,75)(H,65,81)(H,66,84)(H,67,85)(H,68,86)(H,69,82)(H,70,83)(H,71,87)(H,76,77)(H,78,79)(H,89,90,91)/t29-,36+,37+,38+,39+,40+,41+,42+,43+,49?/m1/s1. The Hall–Kier alpha value is -10.2. The number of aromatic amines is 1. The van der Waals surface area contributed by atoms with Crippen LogP contribution in [0, 0.1) is 0 Å². The third-order valence-electron chi connectivity index (χ3n) is 14.3. The predicted octanol–water partition coefficient (Wildman–Crippen LogP) is -4.52. The lowest BCUT2D eigenvalue weighted by molar-refractivity contribution is -0.142. The van der Waals surface area contributed by atoms with E-state index < -0.39 is 198 Å². The molecule has 508 valence electrons. The second-order valence-corrected chi connectivity index (χ2v) is 23.6. The number of carboxylic acid groups (broad SMARTS) is 2. The van der Waals surface area contributed by atoms with Crippen molar-refractivity contribution in [1.29, 1.82) is 0 Å². The molecule has 19 N–H and O–H groups in total. The number of H-pyrrole nitrogens is 1. The van der Waals surface area contributed by atoms with Crippen molar-refractivity contribution in [2.24, 2.45) is 11.5 Å². The van der Waals surface area contributed by atoms with E-state index in [1.807, 2.05) is 0 Å². The first kappa shape index (κ1) is 74.5. The average molecular weight is 1350 g/mol. The minimum absolute atomic E-state index is 0.0226. The molecule has 0 saturated carbocycles. The van der Waals surface area contributed by atoms with Gasteiger partial charge in [0.15, 0.2) is 0 Å². The van der Waals surface area contributed by atoms with Crippen LogP contribution in [0.2, 0.25) is 0 Å². The number of aliphatic carboxylic acids is 2. The van der Waals surface area contributed by atoms with Crippen molar-refractivity contribution in [3.8, 4) is 5.75 Å². The normalized spacial score (nSPS) is 15.6. The zero-order chi connectivity index (χ0) is 69.4. The number of hydrogen-bond acceptors (Lipinski definition) is 19. The molecule has 34 nitrogen and oxygen atoms in total. The molecule has 94 heavy (non-hydrogen) atoms. The zero-order valence-electron chi connectivity index (χ0n) is 50.5. The fourth-order valence-electron chi connectivity index (χ4n) is 9.50. The smallest absolute Gasteiger partial charge is 0.446 e.